The third-order valence-electron chi connectivity index (χ3n) is 8.24. The van der Waals surface area contributed by atoms with Gasteiger partial charge in [0, 0.05) is 21.8 Å². The lowest BCUT2D eigenvalue weighted by Gasteiger charge is -2.27. The molecule has 9 rings (SSSR count). The maximum Gasteiger partial charge on any atom is 0.143 e. The molecule has 2 heteroatoms. The summed E-state index contributed by atoms with van der Waals surface area (Å²) in [5, 5.41) is 2.21. The lowest BCUT2D eigenvalue weighted by atomic mass is 9.99. The van der Waals surface area contributed by atoms with Crippen LogP contribution in [0, 0.1) is 0 Å². The molecule has 1 heterocycles. The molecule has 46 heavy (non-hydrogen) atoms. The molecule has 0 atom stereocenters. The summed E-state index contributed by atoms with van der Waals surface area (Å²) in [6.07, 6.45) is 0. The quantitative estimate of drug-likeness (QED) is 0.196. The van der Waals surface area contributed by atoms with Crippen molar-refractivity contribution in [2.24, 2.45) is 0 Å². The van der Waals surface area contributed by atoms with E-state index in [2.05, 4.69) is 0 Å². The fourth-order valence-electron chi connectivity index (χ4n) is 6.06. The van der Waals surface area contributed by atoms with Crippen LogP contribution in [0.2, 0.25) is 0 Å². The Labute approximate surface area is 282 Å². The highest BCUT2D eigenvalue weighted by molar-refractivity contribution is 6.20. The van der Waals surface area contributed by atoms with E-state index in [1.807, 2.05) is 78.9 Å². The summed E-state index contributed by atoms with van der Waals surface area (Å²) in [5.41, 5.74) is 2.83. The molecule has 0 fully saturated rings. The molecule has 0 N–H and O–H groups in total. The van der Waals surface area contributed by atoms with Crippen LogP contribution in [0.4, 0.5) is 17.1 Å². The third kappa shape index (κ3) is 4.35. The molecule has 8 aromatic carbocycles. The Morgan fingerprint density at radius 1 is 0.435 bits per heavy atom. The van der Waals surface area contributed by atoms with Crippen molar-refractivity contribution in [1.29, 1.82) is 0 Å². The third-order valence-corrected chi connectivity index (χ3v) is 8.24. The zero-order chi connectivity index (χ0) is 40.0. The molecule has 0 aliphatic rings. The molecule has 0 spiro atoms. The van der Waals surface area contributed by atoms with Crippen molar-refractivity contribution in [2.75, 3.05) is 4.90 Å². The Morgan fingerprint density at radius 3 is 2.00 bits per heavy atom. The predicted octanol–water partition coefficient (Wildman–Crippen LogP) is 12.7. The van der Waals surface area contributed by atoms with Crippen LogP contribution in [0.25, 0.3) is 65.7 Å². The summed E-state index contributed by atoms with van der Waals surface area (Å²) in [6.45, 7) is 0. The van der Waals surface area contributed by atoms with E-state index in [1.54, 1.807) is 30.3 Å². The molecule has 2 nitrogen and oxygen atoms in total. The Balaban J connectivity index is 1.40. The Kier molecular flexibility index (Phi) is 4.08. The van der Waals surface area contributed by atoms with E-state index in [1.165, 1.54) is 4.90 Å². The first kappa shape index (κ1) is 17.4. The van der Waals surface area contributed by atoms with Crippen molar-refractivity contribution in [3.05, 3.63) is 176 Å². The molecule has 0 bridgehead atoms. The van der Waals surface area contributed by atoms with Gasteiger partial charge in [0.2, 0.25) is 0 Å². The van der Waals surface area contributed by atoms with Gasteiger partial charge in [-0.05, 0) is 69.4 Å². The average molecular weight is 599 g/mol. The second-order valence-corrected chi connectivity index (χ2v) is 10.9. The minimum atomic E-state index is -0.645. The number of rotatable bonds is 5. The molecular formula is C44H29NO. The van der Waals surface area contributed by atoms with Crippen LogP contribution in [-0.2, 0) is 0 Å². The molecular weight excluding hydrogens is 558 g/mol. The van der Waals surface area contributed by atoms with E-state index in [0.717, 1.165) is 21.9 Å². The van der Waals surface area contributed by atoms with Crippen molar-refractivity contribution < 1.29 is 19.5 Å². The molecule has 0 aliphatic carbocycles. The normalized spacial score (nSPS) is 14.8. The Morgan fingerprint density at radius 2 is 1.15 bits per heavy atom. The number of benzene rings is 8. The van der Waals surface area contributed by atoms with Crippen LogP contribution < -0.4 is 4.90 Å². The molecule has 0 saturated heterocycles. The highest BCUT2D eigenvalue weighted by Gasteiger charge is 2.21. The molecule has 216 valence electrons. The summed E-state index contributed by atoms with van der Waals surface area (Å²) >= 11 is 0. The van der Waals surface area contributed by atoms with Crippen molar-refractivity contribution in [3.63, 3.8) is 0 Å². The molecule has 0 aliphatic heterocycles. The standard InChI is InChI=1S/C44H29NO/c1-2-10-30(11-3-1)31-20-22-32(23-21-31)33-24-27-36(28-25-33)45(40-17-8-14-34-12-4-6-15-37(34)40)41-18-9-19-42-43(41)39-29-26-35-13-5-7-16-38(35)44(39)46-42/h1-29H/i4D,6D,8D,12D,14D,15D,17D,24D,25D,27D,28D. The Hall–Kier alpha value is -6.12. The summed E-state index contributed by atoms with van der Waals surface area (Å²) in [5.74, 6) is 0. The van der Waals surface area contributed by atoms with Gasteiger partial charge in [-0.3, -0.25) is 0 Å². The van der Waals surface area contributed by atoms with Gasteiger partial charge in [-0.15, -0.1) is 0 Å². The van der Waals surface area contributed by atoms with Gasteiger partial charge in [-0.1, -0.05) is 139 Å². The van der Waals surface area contributed by atoms with Crippen LogP contribution in [0.5, 0.6) is 0 Å². The first-order valence-electron chi connectivity index (χ1n) is 20.3. The van der Waals surface area contributed by atoms with Crippen LogP contribution >= 0.6 is 0 Å². The number of anilines is 3. The van der Waals surface area contributed by atoms with E-state index >= 15 is 0 Å². The van der Waals surface area contributed by atoms with Gasteiger partial charge in [-0.25, -0.2) is 0 Å². The van der Waals surface area contributed by atoms with E-state index in [4.69, 9.17) is 12.6 Å². The number of hydrogen-bond acceptors (Lipinski definition) is 2. The Bertz CT molecular complexity index is 3110. The second kappa shape index (κ2) is 10.8. The summed E-state index contributed by atoms with van der Waals surface area (Å²) in [4.78, 5) is 1.28. The number of furan rings is 1. The van der Waals surface area contributed by atoms with Crippen LogP contribution in [0.3, 0.4) is 0 Å². The van der Waals surface area contributed by atoms with Gasteiger partial charge in [0.05, 0.1) is 31.8 Å². The molecule has 0 saturated carbocycles. The summed E-state index contributed by atoms with van der Waals surface area (Å²) in [6, 6.07) is 27.2. The predicted molar refractivity (Wildman–Crippen MR) is 194 cm³/mol. The summed E-state index contributed by atoms with van der Waals surface area (Å²) < 4.78 is 106. The van der Waals surface area contributed by atoms with Gasteiger partial charge in [0.15, 0.2) is 0 Å². The monoisotopic (exact) mass is 598 g/mol. The van der Waals surface area contributed by atoms with Crippen molar-refractivity contribution in [1.82, 2.24) is 0 Å². The first-order valence-corrected chi connectivity index (χ1v) is 14.8. The van der Waals surface area contributed by atoms with Gasteiger partial charge in [0.1, 0.15) is 11.2 Å². The fourth-order valence-corrected chi connectivity index (χ4v) is 6.06. The second-order valence-electron chi connectivity index (χ2n) is 10.9. The highest BCUT2D eigenvalue weighted by Crippen LogP contribution is 2.46. The number of nitrogens with zero attached hydrogens (tertiary/aromatic N) is 1. The van der Waals surface area contributed by atoms with Crippen LogP contribution in [0.1, 0.15) is 15.1 Å². The van der Waals surface area contributed by atoms with Crippen molar-refractivity contribution in [3.8, 4) is 22.3 Å². The van der Waals surface area contributed by atoms with Gasteiger partial charge in [0.25, 0.3) is 0 Å². The zero-order valence-electron chi connectivity index (χ0n) is 35.2. The highest BCUT2D eigenvalue weighted by atomic mass is 16.3. The zero-order valence-corrected chi connectivity index (χ0v) is 24.2. The van der Waals surface area contributed by atoms with Gasteiger partial charge in [-0.2, -0.15) is 0 Å². The van der Waals surface area contributed by atoms with Gasteiger partial charge < -0.3 is 9.32 Å². The van der Waals surface area contributed by atoms with Crippen molar-refractivity contribution in [2.45, 2.75) is 0 Å². The number of hydrogen-bond donors (Lipinski definition) is 0. The van der Waals surface area contributed by atoms with E-state index in [9.17, 15) is 6.85 Å². The molecule has 9 aromatic rings. The maximum atomic E-state index is 9.57. The molecule has 0 radical (unpaired) electrons. The smallest absolute Gasteiger partial charge is 0.143 e. The van der Waals surface area contributed by atoms with E-state index in [-0.39, 0.29) is 45.5 Å². The molecule has 0 unspecified atom stereocenters. The fraction of sp³-hybridized carbons (Fsp3) is 0. The van der Waals surface area contributed by atoms with Crippen molar-refractivity contribution >= 4 is 60.5 Å². The molecule has 1 aromatic heterocycles. The molecule has 0 amide bonds. The largest absolute Gasteiger partial charge is 0.455 e. The van der Waals surface area contributed by atoms with Gasteiger partial charge >= 0.3 is 0 Å². The average Bonchev–Trinajstić information content (AvgIpc) is 3.63. The topological polar surface area (TPSA) is 16.4 Å². The first-order chi connectivity index (χ1) is 27.4. The summed E-state index contributed by atoms with van der Waals surface area (Å²) in [7, 11) is 0. The lowest BCUT2D eigenvalue weighted by molar-refractivity contribution is 0.672. The number of fused-ring (bicyclic) bond motifs is 6. The maximum absolute atomic E-state index is 9.57. The van der Waals surface area contributed by atoms with E-state index in [0.29, 0.717) is 27.5 Å². The van der Waals surface area contributed by atoms with Crippen LogP contribution in [-0.4, -0.2) is 0 Å². The van der Waals surface area contributed by atoms with E-state index < -0.39 is 54.4 Å². The SMILES string of the molecule is [2H]c1c([2H])c(N(c2c([2H])c([2H])c([2H])c3c([2H])c([2H])c([2H])c([2H])c23)c2cccc3oc4c5ccccc5ccc4c23)c([2H])c([2H])c1-c1ccc(-c2ccccc2)cc1. The minimum absolute atomic E-state index is 0.0345. The minimum Gasteiger partial charge on any atom is -0.455 e. The van der Waals surface area contributed by atoms with Crippen LogP contribution in [0.15, 0.2) is 180 Å². The lowest BCUT2D eigenvalue weighted by Crippen LogP contribution is -2.10.